The van der Waals surface area contributed by atoms with Crippen LogP contribution < -0.4 is 0 Å². The molecule has 0 unspecified atom stereocenters. The molecule has 0 amide bonds. The second kappa shape index (κ2) is 11.5. The molecule has 3 rings (SSSR count). The molecule has 2 saturated heterocycles. The number of aromatic nitrogens is 1. The average Bonchev–Trinajstić information content (AvgIpc) is 3.15. The van der Waals surface area contributed by atoms with Gasteiger partial charge >= 0.3 is 24.3 Å². The summed E-state index contributed by atoms with van der Waals surface area (Å²) >= 11 is 0. The average molecular weight is 479 g/mol. The number of aryl methyl sites for hydroxylation is 1. The van der Waals surface area contributed by atoms with E-state index in [9.17, 15) is 26.3 Å². The number of carboxylic acid groups (broad SMARTS) is 2. The highest BCUT2D eigenvalue weighted by Crippen LogP contribution is 2.24. The first-order valence-corrected chi connectivity index (χ1v) is 9.14. The van der Waals surface area contributed by atoms with Crippen molar-refractivity contribution in [1.29, 1.82) is 0 Å². The van der Waals surface area contributed by atoms with Crippen molar-refractivity contribution >= 4 is 11.9 Å². The van der Waals surface area contributed by atoms with Gasteiger partial charge in [-0.2, -0.15) is 26.3 Å². The number of halogens is 6. The number of likely N-dealkylation sites (tertiary alicyclic amines) is 1. The molecule has 2 aliphatic heterocycles. The zero-order chi connectivity index (χ0) is 24.7. The number of likely N-dealkylation sites (N-methyl/N-ethyl adjacent to an activating group) is 1. The summed E-state index contributed by atoms with van der Waals surface area (Å²) in [5.41, 5.74) is 1.03. The van der Waals surface area contributed by atoms with Gasteiger partial charge in [-0.15, -0.1) is 0 Å². The van der Waals surface area contributed by atoms with Gasteiger partial charge < -0.3 is 24.4 Å². The lowest BCUT2D eigenvalue weighted by Crippen LogP contribution is -2.29. The largest absolute Gasteiger partial charge is 0.490 e. The maximum Gasteiger partial charge on any atom is 0.490 e. The Balaban J connectivity index is 0.000000305. The molecule has 2 N–H and O–H groups in total. The summed E-state index contributed by atoms with van der Waals surface area (Å²) in [5.74, 6) is -4.00. The number of alkyl halides is 6. The molecule has 3 heterocycles. The minimum atomic E-state index is -5.08. The van der Waals surface area contributed by atoms with Gasteiger partial charge in [0, 0.05) is 44.7 Å². The number of aliphatic carboxylic acids is 2. The maximum absolute atomic E-state index is 10.6. The highest BCUT2D eigenvalue weighted by Gasteiger charge is 2.39. The number of rotatable bonds is 2. The predicted molar refractivity (Wildman–Crippen MR) is 94.6 cm³/mol. The van der Waals surface area contributed by atoms with Crippen molar-refractivity contribution in [3.05, 3.63) is 17.5 Å². The fourth-order valence-electron chi connectivity index (χ4n) is 2.99. The van der Waals surface area contributed by atoms with Gasteiger partial charge in [0.15, 0.2) is 0 Å². The van der Waals surface area contributed by atoms with Gasteiger partial charge in [-0.1, -0.05) is 5.16 Å². The molecule has 2 fully saturated rings. The van der Waals surface area contributed by atoms with Crippen molar-refractivity contribution in [1.82, 2.24) is 15.0 Å². The molecule has 0 aliphatic carbocycles. The van der Waals surface area contributed by atoms with Gasteiger partial charge in [-0.05, 0) is 14.0 Å². The highest BCUT2D eigenvalue weighted by atomic mass is 19.4. The molecule has 1 aromatic heterocycles. The Morgan fingerprint density at radius 3 is 2.06 bits per heavy atom. The fourth-order valence-corrected chi connectivity index (χ4v) is 2.99. The lowest BCUT2D eigenvalue weighted by molar-refractivity contribution is -0.193. The van der Waals surface area contributed by atoms with Crippen molar-refractivity contribution in [2.24, 2.45) is 5.92 Å². The zero-order valence-corrected chi connectivity index (χ0v) is 17.1. The Morgan fingerprint density at radius 1 is 1.09 bits per heavy atom. The van der Waals surface area contributed by atoms with Crippen LogP contribution in [0.5, 0.6) is 0 Å². The van der Waals surface area contributed by atoms with Crippen LogP contribution >= 0.6 is 0 Å². The summed E-state index contributed by atoms with van der Waals surface area (Å²) in [4.78, 5) is 22.6. The van der Waals surface area contributed by atoms with Crippen LogP contribution in [0.25, 0.3) is 0 Å². The second-order valence-corrected chi connectivity index (χ2v) is 7.16. The van der Waals surface area contributed by atoms with Crippen LogP contribution in [0.1, 0.15) is 11.5 Å². The minimum Gasteiger partial charge on any atom is -0.475 e. The van der Waals surface area contributed by atoms with Crippen molar-refractivity contribution in [3.8, 4) is 0 Å². The number of carbonyl (C=O) groups is 2. The lowest BCUT2D eigenvalue weighted by Gasteiger charge is -2.18. The van der Waals surface area contributed by atoms with E-state index in [1.54, 1.807) is 0 Å². The number of hydrogen-bond acceptors (Lipinski definition) is 7. The summed E-state index contributed by atoms with van der Waals surface area (Å²) in [6.45, 7) is 7.97. The molecule has 0 saturated carbocycles. The third-order valence-corrected chi connectivity index (χ3v) is 4.36. The zero-order valence-electron chi connectivity index (χ0n) is 17.1. The number of carboxylic acids is 2. The Hall–Kier alpha value is -2.39. The van der Waals surface area contributed by atoms with Gasteiger partial charge in [-0.25, -0.2) is 9.59 Å². The Kier molecular flexibility index (Phi) is 9.91. The highest BCUT2D eigenvalue weighted by molar-refractivity contribution is 5.73. The predicted octanol–water partition coefficient (Wildman–Crippen LogP) is 2.01. The first-order valence-electron chi connectivity index (χ1n) is 9.14. The summed E-state index contributed by atoms with van der Waals surface area (Å²) in [6.07, 6.45) is -9.78. The Labute approximate surface area is 178 Å². The monoisotopic (exact) mass is 479 g/mol. The van der Waals surface area contributed by atoms with Crippen molar-refractivity contribution in [3.63, 3.8) is 0 Å². The smallest absolute Gasteiger partial charge is 0.475 e. The lowest BCUT2D eigenvalue weighted by atomic mass is 10.1. The molecule has 0 aromatic carbocycles. The molecular weight excluding hydrogens is 456 g/mol. The van der Waals surface area contributed by atoms with Crippen molar-refractivity contribution in [2.45, 2.75) is 31.9 Å². The second-order valence-electron chi connectivity index (χ2n) is 7.16. The quantitative estimate of drug-likeness (QED) is 0.615. The summed E-state index contributed by atoms with van der Waals surface area (Å²) in [7, 11) is 2.18. The van der Waals surface area contributed by atoms with E-state index in [1.807, 2.05) is 13.0 Å². The molecule has 0 radical (unpaired) electrons. The van der Waals surface area contributed by atoms with E-state index in [4.69, 9.17) is 29.1 Å². The molecule has 184 valence electrons. The molecule has 15 heteroatoms. The van der Waals surface area contributed by atoms with Crippen LogP contribution in [0, 0.1) is 12.8 Å². The van der Waals surface area contributed by atoms with E-state index in [2.05, 4.69) is 22.0 Å². The number of hydrogen-bond donors (Lipinski definition) is 2. The van der Waals surface area contributed by atoms with E-state index in [-0.39, 0.29) is 0 Å². The minimum absolute atomic E-state index is 0.392. The number of fused-ring (bicyclic) bond motifs is 1. The molecule has 32 heavy (non-hydrogen) atoms. The SMILES string of the molecule is Cc1cc(CN2C[C@@H]3CN(C)CCO[C@@H]3C2)no1.O=C(O)C(F)(F)F.O=C(O)C(F)(F)F. The first-order chi connectivity index (χ1) is 14.6. The van der Waals surface area contributed by atoms with Crippen molar-refractivity contribution in [2.75, 3.05) is 39.8 Å². The van der Waals surface area contributed by atoms with Gasteiger partial charge in [-0.3, -0.25) is 4.90 Å². The van der Waals surface area contributed by atoms with E-state index in [0.717, 1.165) is 50.8 Å². The van der Waals surface area contributed by atoms with Gasteiger partial charge in [0.2, 0.25) is 0 Å². The van der Waals surface area contributed by atoms with E-state index >= 15 is 0 Å². The number of ether oxygens (including phenoxy) is 1. The van der Waals surface area contributed by atoms with E-state index in [0.29, 0.717) is 12.0 Å². The van der Waals surface area contributed by atoms with Gasteiger partial charge in [0.1, 0.15) is 5.76 Å². The number of nitrogens with zero attached hydrogens (tertiary/aromatic N) is 3. The molecule has 2 atom stereocenters. The summed E-state index contributed by atoms with van der Waals surface area (Å²) in [5, 5.41) is 18.3. The summed E-state index contributed by atoms with van der Waals surface area (Å²) < 4.78 is 74.5. The van der Waals surface area contributed by atoms with Crippen LogP contribution in [-0.2, 0) is 20.9 Å². The molecule has 9 nitrogen and oxygen atoms in total. The molecule has 0 bridgehead atoms. The van der Waals surface area contributed by atoms with Crippen LogP contribution in [0.15, 0.2) is 10.6 Å². The van der Waals surface area contributed by atoms with Crippen LogP contribution in [0.2, 0.25) is 0 Å². The van der Waals surface area contributed by atoms with Crippen LogP contribution in [0.3, 0.4) is 0 Å². The third-order valence-electron chi connectivity index (χ3n) is 4.36. The topological polar surface area (TPSA) is 116 Å². The van der Waals surface area contributed by atoms with E-state index in [1.165, 1.54) is 0 Å². The summed E-state index contributed by atoms with van der Waals surface area (Å²) in [6, 6.07) is 2.02. The normalized spacial score (nSPS) is 22.0. The molecule has 1 aromatic rings. The Morgan fingerprint density at radius 2 is 1.62 bits per heavy atom. The maximum atomic E-state index is 10.6. The molecular formula is C17H23F6N3O6. The fraction of sp³-hybridized carbons (Fsp3) is 0.706. The van der Waals surface area contributed by atoms with Gasteiger partial charge in [0.05, 0.1) is 18.4 Å². The standard InChI is InChI=1S/C13H21N3O2.2C2HF3O2/c1-10-5-12(14-18-10)8-16-7-11-6-15(2)3-4-17-13(11)9-16;2*3-2(4,5)1(6)7/h5,11,13H,3-4,6-9H2,1-2H3;2*(H,6,7)/t11-,13+;;/m0../s1. The van der Waals surface area contributed by atoms with E-state index < -0.39 is 24.3 Å². The third kappa shape index (κ3) is 9.82. The van der Waals surface area contributed by atoms with Crippen molar-refractivity contribution < 1.29 is 55.4 Å². The Bertz CT molecular complexity index is 730. The van der Waals surface area contributed by atoms with Crippen LogP contribution in [-0.4, -0.2) is 95.4 Å². The van der Waals surface area contributed by atoms with Gasteiger partial charge in [0.25, 0.3) is 0 Å². The first kappa shape index (κ1) is 27.6. The molecule has 2 aliphatic rings. The van der Waals surface area contributed by atoms with Crippen LogP contribution in [0.4, 0.5) is 26.3 Å². The molecule has 0 spiro atoms.